The molecule has 7 heteroatoms. The molecule has 0 fully saturated rings. The van der Waals surface area contributed by atoms with Crippen LogP contribution in [0.3, 0.4) is 0 Å². The first-order valence-electron chi connectivity index (χ1n) is 8.58. The molecular weight excluding hydrogens is 340 g/mol. The van der Waals surface area contributed by atoms with Gasteiger partial charge in [0.05, 0.1) is 0 Å². The summed E-state index contributed by atoms with van der Waals surface area (Å²) in [4.78, 5) is 0. The van der Waals surface area contributed by atoms with Crippen molar-refractivity contribution in [2.45, 2.75) is 40.2 Å². The highest BCUT2D eigenvalue weighted by molar-refractivity contribution is 7.80. The predicted molar refractivity (Wildman–Crippen MR) is 105 cm³/mol. The summed E-state index contributed by atoms with van der Waals surface area (Å²) < 4.78 is 17.5. The molecule has 1 aromatic rings. The number of nitrogens with one attached hydrogen (secondary N) is 2. The topological polar surface area (TPSA) is 51.8 Å². The zero-order valence-corrected chi connectivity index (χ0v) is 17.0. The monoisotopic (exact) mass is 370 g/mol. The third-order valence-electron chi connectivity index (χ3n) is 3.35. The molecule has 137 valence electrons. The molecule has 0 amide bonds. The zero-order chi connectivity index (χ0) is 17.8. The maximum absolute atomic E-state index is 5.84. The second kappa shape index (κ2) is 11.5. The van der Waals surface area contributed by atoms with Crippen LogP contribution >= 0.6 is 12.2 Å². The van der Waals surface area contributed by atoms with Gasteiger partial charge in [0.1, 0.15) is 0 Å². The van der Waals surface area contributed by atoms with Gasteiger partial charge in [-0.2, -0.15) is 0 Å². The number of rotatable bonds is 11. The van der Waals surface area contributed by atoms with Crippen molar-refractivity contribution in [2.24, 2.45) is 0 Å². The van der Waals surface area contributed by atoms with E-state index in [9.17, 15) is 0 Å². The highest BCUT2D eigenvalue weighted by Crippen LogP contribution is 2.17. The zero-order valence-electron chi connectivity index (χ0n) is 15.2. The molecular formula is C17H30N2O3SSi-. The van der Waals surface area contributed by atoms with Crippen molar-refractivity contribution in [3.05, 3.63) is 29.8 Å². The Morgan fingerprint density at radius 2 is 1.54 bits per heavy atom. The summed E-state index contributed by atoms with van der Waals surface area (Å²) in [5, 5.41) is 7.02. The summed E-state index contributed by atoms with van der Waals surface area (Å²) in [6.45, 7) is 10.5. The fourth-order valence-corrected chi connectivity index (χ4v) is 5.15. The molecule has 0 bridgehead atoms. The average Bonchev–Trinajstić information content (AvgIpc) is 2.55. The third kappa shape index (κ3) is 7.72. The standard InChI is InChI=1S/C17H30N2O3SSi/c1-5-20-24(21-6-2,22-7-3)14-8-13-18-17(23)19-16-11-9-15(4)10-12-16/h9-12H,5-8,13-14H2,1-4H3,(H2,18,19,23)/q-1. The first kappa shape index (κ1) is 21.1. The SMILES string of the molecule is CCO[Si-](CCCNC(=S)Nc1ccc(C)cc1)(OCC)OCC. The van der Waals surface area contributed by atoms with Crippen molar-refractivity contribution >= 4 is 31.8 Å². The molecule has 0 atom stereocenters. The van der Waals surface area contributed by atoms with E-state index in [0.717, 1.165) is 24.7 Å². The molecule has 0 aliphatic heterocycles. The van der Waals surface area contributed by atoms with Crippen LogP contribution in [0.25, 0.3) is 0 Å². The molecule has 0 aliphatic rings. The Morgan fingerprint density at radius 1 is 1.00 bits per heavy atom. The van der Waals surface area contributed by atoms with Gasteiger partial charge in [-0.3, -0.25) is 0 Å². The van der Waals surface area contributed by atoms with Crippen LogP contribution < -0.4 is 10.6 Å². The van der Waals surface area contributed by atoms with Crippen LogP contribution in [-0.2, 0) is 13.3 Å². The molecule has 0 saturated heterocycles. The Labute approximate surface area is 152 Å². The van der Waals surface area contributed by atoms with E-state index in [-0.39, 0.29) is 0 Å². The fraction of sp³-hybridized carbons (Fsp3) is 0.588. The molecule has 0 unspecified atom stereocenters. The maximum Gasteiger partial charge on any atom is 0.281 e. The van der Waals surface area contributed by atoms with Gasteiger partial charge >= 0.3 is 0 Å². The largest absolute Gasteiger partial charge is 0.525 e. The lowest BCUT2D eigenvalue weighted by Gasteiger charge is -2.42. The Morgan fingerprint density at radius 3 is 2.04 bits per heavy atom. The van der Waals surface area contributed by atoms with Crippen molar-refractivity contribution in [2.75, 3.05) is 31.7 Å². The Hall–Kier alpha value is -0.993. The molecule has 0 aliphatic carbocycles. The van der Waals surface area contributed by atoms with Crippen LogP contribution in [0.2, 0.25) is 6.04 Å². The van der Waals surface area contributed by atoms with Crippen LogP contribution in [0.1, 0.15) is 32.8 Å². The van der Waals surface area contributed by atoms with E-state index in [2.05, 4.69) is 29.7 Å². The number of hydrogen-bond donors (Lipinski definition) is 2. The highest BCUT2D eigenvalue weighted by atomic mass is 32.1. The predicted octanol–water partition coefficient (Wildman–Crippen LogP) is 3.72. The van der Waals surface area contributed by atoms with Gasteiger partial charge in [0, 0.05) is 32.1 Å². The van der Waals surface area contributed by atoms with Crippen LogP contribution in [-0.4, -0.2) is 40.3 Å². The fourth-order valence-electron chi connectivity index (χ4n) is 2.32. The quantitative estimate of drug-likeness (QED) is 0.352. The summed E-state index contributed by atoms with van der Waals surface area (Å²) in [7, 11) is -2.55. The lowest BCUT2D eigenvalue weighted by molar-refractivity contribution is 0.0709. The summed E-state index contributed by atoms with van der Waals surface area (Å²) in [5.74, 6) is 0. The third-order valence-corrected chi connectivity index (χ3v) is 6.75. The van der Waals surface area contributed by atoms with Crippen LogP contribution in [0.15, 0.2) is 24.3 Å². The molecule has 0 aromatic heterocycles. The van der Waals surface area contributed by atoms with Gasteiger partial charge in [-0.15, -0.1) is 0 Å². The van der Waals surface area contributed by atoms with Crippen molar-refractivity contribution in [1.29, 1.82) is 0 Å². The number of thiocarbonyl (C=S) groups is 1. The lowest BCUT2D eigenvalue weighted by Crippen LogP contribution is -2.46. The number of anilines is 1. The van der Waals surface area contributed by atoms with E-state index in [1.807, 2.05) is 32.9 Å². The van der Waals surface area contributed by atoms with Crippen molar-refractivity contribution < 1.29 is 13.3 Å². The van der Waals surface area contributed by atoms with E-state index < -0.39 is 8.80 Å². The van der Waals surface area contributed by atoms with E-state index in [4.69, 9.17) is 25.5 Å². The molecule has 0 heterocycles. The molecule has 0 radical (unpaired) electrons. The minimum Gasteiger partial charge on any atom is -0.525 e. The summed E-state index contributed by atoms with van der Waals surface area (Å²) in [5.41, 5.74) is 2.21. The molecule has 2 N–H and O–H groups in total. The van der Waals surface area contributed by atoms with E-state index >= 15 is 0 Å². The minimum atomic E-state index is -2.55. The van der Waals surface area contributed by atoms with Gasteiger partial charge in [-0.25, -0.2) is 0 Å². The van der Waals surface area contributed by atoms with Gasteiger partial charge in [0.15, 0.2) is 5.11 Å². The van der Waals surface area contributed by atoms with Crippen LogP contribution in [0.5, 0.6) is 0 Å². The van der Waals surface area contributed by atoms with E-state index in [1.165, 1.54) is 5.56 Å². The van der Waals surface area contributed by atoms with Gasteiger partial charge in [-0.05, 0) is 52.0 Å². The smallest absolute Gasteiger partial charge is 0.281 e. The molecule has 0 spiro atoms. The van der Waals surface area contributed by atoms with Gasteiger partial charge in [0.25, 0.3) is 8.80 Å². The highest BCUT2D eigenvalue weighted by Gasteiger charge is 2.24. The van der Waals surface area contributed by atoms with Gasteiger partial charge in [-0.1, -0.05) is 30.2 Å². The van der Waals surface area contributed by atoms with Gasteiger partial charge in [0.2, 0.25) is 0 Å². The molecule has 5 nitrogen and oxygen atoms in total. The second-order valence-electron chi connectivity index (χ2n) is 5.33. The lowest BCUT2D eigenvalue weighted by atomic mass is 10.2. The van der Waals surface area contributed by atoms with Crippen molar-refractivity contribution in [3.8, 4) is 0 Å². The minimum absolute atomic E-state index is 0.604. The van der Waals surface area contributed by atoms with Crippen molar-refractivity contribution in [1.82, 2.24) is 5.32 Å². The molecule has 1 rings (SSSR count). The number of benzene rings is 1. The molecule has 1 aromatic carbocycles. The normalized spacial score (nSPS) is 11.3. The number of hydrogen-bond acceptors (Lipinski definition) is 4. The summed E-state index contributed by atoms with van der Waals surface area (Å²) >= 11 is 5.32. The van der Waals surface area contributed by atoms with Crippen LogP contribution in [0, 0.1) is 6.92 Å². The first-order chi connectivity index (χ1) is 11.5. The first-order valence-corrected chi connectivity index (χ1v) is 10.9. The Bertz CT molecular complexity index is 468. The molecule has 24 heavy (non-hydrogen) atoms. The van der Waals surface area contributed by atoms with Gasteiger partial charge < -0.3 is 23.9 Å². The Balaban J connectivity index is 2.38. The van der Waals surface area contributed by atoms with Crippen molar-refractivity contribution in [3.63, 3.8) is 0 Å². The number of aryl methyl sites for hydroxylation is 1. The summed E-state index contributed by atoms with van der Waals surface area (Å²) in [6, 6.07) is 8.91. The molecule has 0 saturated carbocycles. The average molecular weight is 371 g/mol. The second-order valence-corrected chi connectivity index (χ2v) is 8.47. The summed E-state index contributed by atoms with van der Waals surface area (Å²) in [6.07, 6.45) is 0.877. The van der Waals surface area contributed by atoms with E-state index in [0.29, 0.717) is 24.9 Å². The Kier molecular flexibility index (Phi) is 10.1. The van der Waals surface area contributed by atoms with Crippen LogP contribution in [0.4, 0.5) is 5.69 Å². The maximum atomic E-state index is 5.84. The van der Waals surface area contributed by atoms with E-state index in [1.54, 1.807) is 0 Å².